The lowest BCUT2D eigenvalue weighted by Crippen LogP contribution is -2.38. The van der Waals surface area contributed by atoms with Gasteiger partial charge in [-0.3, -0.25) is 9.59 Å². The second-order valence-corrected chi connectivity index (χ2v) is 9.32. The Balaban J connectivity index is 1.45. The average Bonchev–Trinajstić information content (AvgIpc) is 3.68. The fourth-order valence-electron chi connectivity index (χ4n) is 4.82. The summed E-state index contributed by atoms with van der Waals surface area (Å²) in [4.78, 5) is 28.2. The molecule has 0 unspecified atom stereocenters. The summed E-state index contributed by atoms with van der Waals surface area (Å²) in [5, 5.41) is 6.83. The maximum Gasteiger partial charge on any atom is 0.273 e. The predicted molar refractivity (Wildman–Crippen MR) is 144 cm³/mol. The normalized spacial score (nSPS) is 13.1. The van der Waals surface area contributed by atoms with Gasteiger partial charge in [0.1, 0.15) is 5.75 Å². The summed E-state index contributed by atoms with van der Waals surface area (Å²) in [5.74, 6) is 1.92. The molecule has 0 aliphatic heterocycles. The fraction of sp³-hybridized carbons (Fsp3) is 0.414. The van der Waals surface area contributed by atoms with Crippen LogP contribution in [-0.4, -0.2) is 62.9 Å². The molecule has 2 amide bonds. The van der Waals surface area contributed by atoms with E-state index in [0.717, 1.165) is 37.0 Å². The van der Waals surface area contributed by atoms with Gasteiger partial charge in [-0.2, -0.15) is 0 Å². The predicted octanol–water partition coefficient (Wildman–Crippen LogP) is 4.27. The lowest BCUT2D eigenvalue weighted by Gasteiger charge is -2.28. The molecule has 3 aromatic rings. The highest BCUT2D eigenvalue weighted by atomic mass is 16.5. The first-order chi connectivity index (χ1) is 19.0. The molecule has 208 valence electrons. The molecule has 10 heteroatoms. The van der Waals surface area contributed by atoms with Crippen molar-refractivity contribution < 1.29 is 33.1 Å². The Morgan fingerprint density at radius 3 is 2.21 bits per heavy atom. The SMILES string of the molecule is COc1ccc(CCNC(=O)c2cc(CN(C(=O)c3cc(OC)c(OC)c(OC)c3)C3CCCC3)on2)cc1. The van der Waals surface area contributed by atoms with Gasteiger partial charge in [0.05, 0.1) is 35.0 Å². The molecule has 10 nitrogen and oxygen atoms in total. The number of carbonyl (C=O) groups is 2. The Morgan fingerprint density at radius 1 is 0.949 bits per heavy atom. The van der Waals surface area contributed by atoms with Crippen LogP contribution in [0.2, 0.25) is 0 Å². The number of carbonyl (C=O) groups excluding carboxylic acids is 2. The highest BCUT2D eigenvalue weighted by Gasteiger charge is 2.30. The third-order valence-electron chi connectivity index (χ3n) is 6.91. The van der Waals surface area contributed by atoms with Crippen molar-refractivity contribution in [3.05, 3.63) is 65.0 Å². The number of nitrogens with one attached hydrogen (secondary N) is 1. The zero-order valence-corrected chi connectivity index (χ0v) is 22.8. The maximum atomic E-state index is 13.8. The second kappa shape index (κ2) is 13.0. The highest BCUT2D eigenvalue weighted by molar-refractivity contribution is 5.96. The van der Waals surface area contributed by atoms with Gasteiger partial charge in [0.15, 0.2) is 23.0 Å². The van der Waals surface area contributed by atoms with Crippen LogP contribution in [0, 0.1) is 0 Å². The Bertz CT molecular complexity index is 1240. The molecular formula is C29H35N3O7. The van der Waals surface area contributed by atoms with E-state index < -0.39 is 0 Å². The number of hydrogen-bond donors (Lipinski definition) is 1. The van der Waals surface area contributed by atoms with E-state index in [-0.39, 0.29) is 30.1 Å². The molecule has 1 aliphatic carbocycles. The first-order valence-electron chi connectivity index (χ1n) is 12.9. The van der Waals surface area contributed by atoms with Crippen LogP contribution in [0.4, 0.5) is 0 Å². The van der Waals surface area contributed by atoms with Gasteiger partial charge in [0, 0.05) is 24.2 Å². The molecule has 4 rings (SSSR count). The largest absolute Gasteiger partial charge is 0.497 e. The number of ether oxygens (including phenoxy) is 4. The van der Waals surface area contributed by atoms with E-state index in [0.29, 0.717) is 41.5 Å². The van der Waals surface area contributed by atoms with Crippen LogP contribution < -0.4 is 24.3 Å². The number of amides is 2. The molecule has 1 aliphatic rings. The van der Waals surface area contributed by atoms with Crippen molar-refractivity contribution in [2.75, 3.05) is 35.0 Å². The first kappa shape index (κ1) is 27.8. The van der Waals surface area contributed by atoms with Crippen LogP contribution in [0.15, 0.2) is 47.0 Å². The van der Waals surface area contributed by atoms with Crippen molar-refractivity contribution in [2.24, 2.45) is 0 Å². The van der Waals surface area contributed by atoms with Gasteiger partial charge < -0.3 is 33.7 Å². The van der Waals surface area contributed by atoms with Crippen molar-refractivity contribution in [2.45, 2.75) is 44.7 Å². The second-order valence-electron chi connectivity index (χ2n) is 9.32. The van der Waals surface area contributed by atoms with E-state index in [1.165, 1.54) is 21.3 Å². The van der Waals surface area contributed by atoms with Crippen molar-refractivity contribution in [1.29, 1.82) is 0 Å². The van der Waals surface area contributed by atoms with Gasteiger partial charge in [-0.1, -0.05) is 30.1 Å². The van der Waals surface area contributed by atoms with E-state index in [2.05, 4.69) is 10.5 Å². The van der Waals surface area contributed by atoms with Crippen LogP contribution in [0.1, 0.15) is 57.9 Å². The van der Waals surface area contributed by atoms with Crippen molar-refractivity contribution in [1.82, 2.24) is 15.4 Å². The fourth-order valence-corrected chi connectivity index (χ4v) is 4.82. The Labute approximate surface area is 228 Å². The number of nitrogens with zero attached hydrogens (tertiary/aromatic N) is 2. The molecular weight excluding hydrogens is 502 g/mol. The van der Waals surface area contributed by atoms with Gasteiger partial charge in [0.2, 0.25) is 5.75 Å². The molecule has 0 radical (unpaired) electrons. The van der Waals surface area contributed by atoms with E-state index in [1.807, 2.05) is 24.3 Å². The zero-order valence-electron chi connectivity index (χ0n) is 22.8. The molecule has 2 aromatic carbocycles. The number of hydrogen-bond acceptors (Lipinski definition) is 8. The highest BCUT2D eigenvalue weighted by Crippen LogP contribution is 2.39. The first-order valence-corrected chi connectivity index (χ1v) is 12.9. The molecule has 0 atom stereocenters. The Morgan fingerprint density at radius 2 is 1.62 bits per heavy atom. The lowest BCUT2D eigenvalue weighted by atomic mass is 10.1. The molecule has 39 heavy (non-hydrogen) atoms. The Kier molecular flexibility index (Phi) is 9.30. The minimum absolute atomic E-state index is 0.0449. The monoisotopic (exact) mass is 537 g/mol. The Hall–Kier alpha value is -4.21. The summed E-state index contributed by atoms with van der Waals surface area (Å²) in [6.07, 6.45) is 4.54. The molecule has 1 heterocycles. The molecule has 0 saturated heterocycles. The number of aromatic nitrogens is 1. The summed E-state index contributed by atoms with van der Waals surface area (Å²) in [6, 6.07) is 12.6. The lowest BCUT2D eigenvalue weighted by molar-refractivity contribution is 0.0642. The van der Waals surface area contributed by atoms with E-state index in [1.54, 1.807) is 30.2 Å². The number of rotatable bonds is 12. The van der Waals surface area contributed by atoms with E-state index in [9.17, 15) is 9.59 Å². The van der Waals surface area contributed by atoms with Crippen LogP contribution in [0.25, 0.3) is 0 Å². The summed E-state index contributed by atoms with van der Waals surface area (Å²) in [5.41, 5.74) is 1.66. The van der Waals surface area contributed by atoms with Gasteiger partial charge in [0.25, 0.3) is 11.8 Å². The molecule has 1 N–H and O–H groups in total. The standard InChI is InChI=1S/C29H35N3O7/c1-35-22-11-9-19(10-12-22)13-14-30-28(33)24-17-23(39-31-24)18-32(21-7-5-6-8-21)29(34)20-15-25(36-2)27(38-4)26(16-20)37-3/h9-12,15-17,21H,5-8,13-14,18H2,1-4H3,(H,30,33). The minimum atomic E-state index is -0.332. The van der Waals surface area contributed by atoms with Crippen molar-refractivity contribution in [3.8, 4) is 23.0 Å². The minimum Gasteiger partial charge on any atom is -0.497 e. The van der Waals surface area contributed by atoms with Crippen LogP contribution in [0.3, 0.4) is 0 Å². The third kappa shape index (κ3) is 6.63. The quantitative estimate of drug-likeness (QED) is 0.365. The molecule has 0 bridgehead atoms. The van der Waals surface area contributed by atoms with Gasteiger partial charge in [-0.25, -0.2) is 0 Å². The summed E-state index contributed by atoms with van der Waals surface area (Å²) < 4.78 is 26.9. The smallest absolute Gasteiger partial charge is 0.273 e. The van der Waals surface area contributed by atoms with Crippen LogP contribution in [0.5, 0.6) is 23.0 Å². The summed E-state index contributed by atoms with van der Waals surface area (Å²) >= 11 is 0. The number of benzene rings is 2. The summed E-state index contributed by atoms with van der Waals surface area (Å²) in [6.45, 7) is 0.632. The topological polar surface area (TPSA) is 112 Å². The van der Waals surface area contributed by atoms with Crippen molar-refractivity contribution in [3.63, 3.8) is 0 Å². The van der Waals surface area contributed by atoms with Gasteiger partial charge in [-0.05, 0) is 49.1 Å². The van der Waals surface area contributed by atoms with Gasteiger partial charge >= 0.3 is 0 Å². The van der Waals surface area contributed by atoms with E-state index in [4.69, 9.17) is 23.5 Å². The van der Waals surface area contributed by atoms with E-state index >= 15 is 0 Å². The zero-order chi connectivity index (χ0) is 27.8. The maximum absolute atomic E-state index is 13.8. The molecule has 1 aromatic heterocycles. The van der Waals surface area contributed by atoms with Crippen molar-refractivity contribution >= 4 is 11.8 Å². The molecule has 0 spiro atoms. The third-order valence-corrected chi connectivity index (χ3v) is 6.91. The number of methoxy groups -OCH3 is 4. The molecule has 1 fully saturated rings. The van der Waals surface area contributed by atoms with Crippen LogP contribution in [-0.2, 0) is 13.0 Å². The average molecular weight is 538 g/mol. The molecule has 1 saturated carbocycles. The van der Waals surface area contributed by atoms with Crippen LogP contribution >= 0.6 is 0 Å². The van der Waals surface area contributed by atoms with Gasteiger partial charge in [-0.15, -0.1) is 0 Å². The summed E-state index contributed by atoms with van der Waals surface area (Å²) in [7, 11) is 6.16.